The summed E-state index contributed by atoms with van der Waals surface area (Å²) in [5.41, 5.74) is 17.5. The predicted molar refractivity (Wildman–Crippen MR) is 131 cm³/mol. The molecule has 0 fully saturated rings. The molecule has 14 nitrogen and oxygen atoms in total. The lowest BCUT2D eigenvalue weighted by atomic mass is 10.0. The molecule has 12 N–H and O–H groups in total. The van der Waals surface area contributed by atoms with Crippen molar-refractivity contribution in [3.05, 3.63) is 18.2 Å². The highest BCUT2D eigenvalue weighted by Crippen LogP contribution is 2.07. The Kier molecular flexibility index (Phi) is 14.3. The van der Waals surface area contributed by atoms with Crippen LogP contribution in [0.3, 0.4) is 0 Å². The molecule has 1 rings (SSSR count). The Morgan fingerprint density at radius 3 is 2.06 bits per heavy atom. The van der Waals surface area contributed by atoms with E-state index >= 15 is 0 Å². The van der Waals surface area contributed by atoms with Crippen LogP contribution in [-0.4, -0.2) is 87.2 Å². The summed E-state index contributed by atoms with van der Waals surface area (Å²) in [6.07, 6.45) is 4.64. The van der Waals surface area contributed by atoms with Gasteiger partial charge in [-0.15, -0.1) is 0 Å². The molecule has 14 heteroatoms. The Labute approximate surface area is 210 Å². The zero-order chi connectivity index (χ0) is 27.1. The van der Waals surface area contributed by atoms with Gasteiger partial charge in [0.2, 0.25) is 17.7 Å². The maximum Gasteiger partial charge on any atom is 0.328 e. The Morgan fingerprint density at radius 1 is 0.944 bits per heavy atom. The van der Waals surface area contributed by atoms with E-state index in [9.17, 15) is 29.4 Å². The molecule has 5 atom stereocenters. The second-order valence-electron chi connectivity index (χ2n) is 8.64. The largest absolute Gasteiger partial charge is 0.480 e. The fourth-order valence-electron chi connectivity index (χ4n) is 3.42. The summed E-state index contributed by atoms with van der Waals surface area (Å²) in [7, 11) is 0. The van der Waals surface area contributed by atoms with Crippen LogP contribution in [0.4, 0.5) is 0 Å². The maximum absolute atomic E-state index is 13.2. The van der Waals surface area contributed by atoms with Crippen LogP contribution in [0.15, 0.2) is 12.5 Å². The van der Waals surface area contributed by atoms with Crippen LogP contribution in [0.1, 0.15) is 51.1 Å². The first kappa shape index (κ1) is 31.0. The fourth-order valence-corrected chi connectivity index (χ4v) is 3.42. The van der Waals surface area contributed by atoms with E-state index in [-0.39, 0.29) is 12.8 Å². The zero-order valence-electron chi connectivity index (χ0n) is 20.6. The van der Waals surface area contributed by atoms with E-state index in [1.165, 1.54) is 19.4 Å². The summed E-state index contributed by atoms with van der Waals surface area (Å²) in [5.74, 6) is -3.40. The van der Waals surface area contributed by atoms with Crippen molar-refractivity contribution < 1.29 is 29.4 Å². The molecule has 0 spiro atoms. The minimum atomic E-state index is -1.58. The van der Waals surface area contributed by atoms with E-state index < -0.39 is 54.0 Å². The molecule has 1 aromatic rings. The van der Waals surface area contributed by atoms with Crippen LogP contribution in [0.2, 0.25) is 0 Å². The monoisotopic (exact) mass is 512 g/mol. The summed E-state index contributed by atoms with van der Waals surface area (Å²) < 4.78 is 0. The number of carbonyl (C=O) groups excluding carboxylic acids is 3. The van der Waals surface area contributed by atoms with E-state index in [1.807, 2.05) is 0 Å². The number of rotatable bonds is 18. The Hall–Kier alpha value is -3.07. The third-order valence-electron chi connectivity index (χ3n) is 5.54. The fraction of sp³-hybridized carbons (Fsp3) is 0.682. The second-order valence-corrected chi connectivity index (χ2v) is 8.64. The molecule has 5 unspecified atom stereocenters. The molecule has 0 aliphatic carbocycles. The normalized spacial score (nSPS) is 15.2. The summed E-state index contributed by atoms with van der Waals surface area (Å²) in [6, 6.07) is -4.61. The lowest BCUT2D eigenvalue weighted by Gasteiger charge is -2.25. The van der Waals surface area contributed by atoms with Crippen molar-refractivity contribution in [2.24, 2.45) is 17.2 Å². The first-order valence-corrected chi connectivity index (χ1v) is 12.1. The van der Waals surface area contributed by atoms with Gasteiger partial charge in [0.15, 0.2) is 6.04 Å². The number of aliphatic hydroxyl groups is 1. The lowest BCUT2D eigenvalue weighted by Crippen LogP contribution is -2.58. The lowest BCUT2D eigenvalue weighted by molar-refractivity contribution is -0.145. The summed E-state index contributed by atoms with van der Waals surface area (Å²) in [5, 5.41) is 26.5. The quantitative estimate of drug-likeness (QED) is 0.0931. The minimum Gasteiger partial charge on any atom is -0.480 e. The van der Waals surface area contributed by atoms with Gasteiger partial charge in [0.25, 0.3) is 0 Å². The maximum atomic E-state index is 13.2. The van der Waals surface area contributed by atoms with Gasteiger partial charge in [-0.3, -0.25) is 14.4 Å². The van der Waals surface area contributed by atoms with Crippen LogP contribution in [0.5, 0.6) is 0 Å². The van der Waals surface area contributed by atoms with Crippen molar-refractivity contribution in [2.45, 2.75) is 82.1 Å². The van der Waals surface area contributed by atoms with Crippen molar-refractivity contribution in [2.75, 3.05) is 13.1 Å². The van der Waals surface area contributed by atoms with Crippen molar-refractivity contribution in [1.82, 2.24) is 25.9 Å². The molecule has 0 radical (unpaired) electrons. The SMILES string of the molecule is CC(O)C(NC(=O)C(Cc1cnc[nH]1)NC(=O)C(CCCCN)NC(=O)C(N)CCCCN)C(=O)O. The van der Waals surface area contributed by atoms with Gasteiger partial charge < -0.3 is 48.3 Å². The first-order valence-electron chi connectivity index (χ1n) is 12.1. The molecular formula is C22H40N8O6. The number of hydrogen-bond donors (Lipinski definition) is 9. The summed E-state index contributed by atoms with van der Waals surface area (Å²) in [4.78, 5) is 56.8. The number of aromatic amines is 1. The number of nitrogens with zero attached hydrogens (tertiary/aromatic N) is 1. The zero-order valence-corrected chi connectivity index (χ0v) is 20.6. The van der Waals surface area contributed by atoms with Gasteiger partial charge in [0, 0.05) is 18.3 Å². The van der Waals surface area contributed by atoms with Gasteiger partial charge in [-0.25, -0.2) is 9.78 Å². The minimum absolute atomic E-state index is 0.0359. The molecule has 1 heterocycles. The first-order chi connectivity index (χ1) is 17.1. The van der Waals surface area contributed by atoms with E-state index in [4.69, 9.17) is 17.2 Å². The summed E-state index contributed by atoms with van der Waals surface area (Å²) in [6.45, 7) is 2.11. The molecule has 36 heavy (non-hydrogen) atoms. The number of unbranched alkanes of at least 4 members (excludes halogenated alkanes) is 2. The molecule has 0 saturated carbocycles. The van der Waals surface area contributed by atoms with Crippen LogP contribution >= 0.6 is 0 Å². The van der Waals surface area contributed by atoms with E-state index in [0.717, 1.165) is 6.42 Å². The Morgan fingerprint density at radius 2 is 1.53 bits per heavy atom. The molecular weight excluding hydrogens is 472 g/mol. The number of H-pyrrole nitrogens is 1. The molecule has 1 aromatic heterocycles. The molecule has 0 saturated heterocycles. The van der Waals surface area contributed by atoms with Crippen LogP contribution in [0, 0.1) is 0 Å². The van der Waals surface area contributed by atoms with Gasteiger partial charge in [-0.05, 0) is 52.1 Å². The smallest absolute Gasteiger partial charge is 0.328 e. The number of aliphatic carboxylic acids is 1. The number of aliphatic hydroxyl groups excluding tert-OH is 1. The Bertz CT molecular complexity index is 819. The molecule has 0 bridgehead atoms. The number of carboxylic acid groups (broad SMARTS) is 1. The average molecular weight is 513 g/mol. The number of carboxylic acids is 1. The van der Waals surface area contributed by atoms with Crippen molar-refractivity contribution in [1.29, 1.82) is 0 Å². The number of nitrogens with one attached hydrogen (secondary N) is 4. The number of nitrogens with two attached hydrogens (primary N) is 3. The molecule has 0 aliphatic rings. The van der Waals surface area contributed by atoms with Crippen molar-refractivity contribution in [3.63, 3.8) is 0 Å². The van der Waals surface area contributed by atoms with Crippen molar-refractivity contribution >= 4 is 23.7 Å². The van der Waals surface area contributed by atoms with Gasteiger partial charge in [0.05, 0.1) is 18.5 Å². The van der Waals surface area contributed by atoms with E-state index in [1.54, 1.807) is 0 Å². The molecule has 0 aromatic carbocycles. The molecule has 0 aliphatic heterocycles. The third kappa shape index (κ3) is 11.1. The highest BCUT2D eigenvalue weighted by molar-refractivity contribution is 5.94. The van der Waals surface area contributed by atoms with Gasteiger partial charge >= 0.3 is 5.97 Å². The number of carbonyl (C=O) groups is 4. The second kappa shape index (κ2) is 16.6. The number of aromatic nitrogens is 2. The predicted octanol–water partition coefficient (Wildman–Crippen LogP) is -2.54. The van der Waals surface area contributed by atoms with Crippen LogP contribution in [-0.2, 0) is 25.6 Å². The number of imidazole rings is 1. The average Bonchev–Trinajstić information content (AvgIpc) is 3.34. The summed E-state index contributed by atoms with van der Waals surface area (Å²) >= 11 is 0. The van der Waals surface area contributed by atoms with Crippen molar-refractivity contribution in [3.8, 4) is 0 Å². The standard InChI is InChI=1S/C22H40N8O6/c1-13(31)18(22(35)36)30-21(34)17(10-14-11-26-12-27-14)29-20(33)16(7-3-5-9-24)28-19(32)15(25)6-2-4-8-23/h11-13,15-18,31H,2-10,23-25H2,1H3,(H,26,27)(H,28,32)(H,29,33)(H,30,34)(H,35,36). The van der Waals surface area contributed by atoms with Gasteiger partial charge in [-0.1, -0.05) is 6.42 Å². The van der Waals surface area contributed by atoms with Gasteiger partial charge in [-0.2, -0.15) is 0 Å². The Balaban J connectivity index is 3.01. The number of amides is 3. The van der Waals surface area contributed by atoms with Crippen LogP contribution < -0.4 is 33.2 Å². The van der Waals surface area contributed by atoms with Gasteiger partial charge in [0.1, 0.15) is 12.1 Å². The van der Waals surface area contributed by atoms with Crippen LogP contribution in [0.25, 0.3) is 0 Å². The van der Waals surface area contributed by atoms with E-state index in [0.29, 0.717) is 44.5 Å². The highest BCUT2D eigenvalue weighted by atomic mass is 16.4. The third-order valence-corrected chi connectivity index (χ3v) is 5.54. The molecule has 3 amide bonds. The topological polar surface area (TPSA) is 252 Å². The molecule has 204 valence electrons. The van der Waals surface area contributed by atoms with E-state index in [2.05, 4.69) is 25.9 Å². The highest BCUT2D eigenvalue weighted by Gasteiger charge is 2.32. The number of hydrogen-bond acceptors (Lipinski definition) is 9.